The number of fused-ring (bicyclic) bond motifs is 1. The van der Waals surface area contributed by atoms with Gasteiger partial charge in [-0.15, -0.1) is 0 Å². The van der Waals surface area contributed by atoms with Crippen molar-refractivity contribution < 1.29 is 24.1 Å². The third-order valence-electron chi connectivity index (χ3n) is 5.35. The summed E-state index contributed by atoms with van der Waals surface area (Å²) in [6.45, 7) is 3.67. The van der Waals surface area contributed by atoms with Gasteiger partial charge in [0, 0.05) is 31.7 Å². The number of nitrogens with zero attached hydrogens (tertiary/aromatic N) is 2. The number of carbonyl (C=O) groups is 1. The molecule has 4 rings (SSSR count). The minimum absolute atomic E-state index is 0.209. The Labute approximate surface area is 169 Å². The summed E-state index contributed by atoms with van der Waals surface area (Å²) in [5.41, 5.74) is 2.61. The number of cyclic esters (lactones) is 1. The lowest BCUT2D eigenvalue weighted by Crippen LogP contribution is -2.44. The zero-order chi connectivity index (χ0) is 20.5. The third-order valence-corrected chi connectivity index (χ3v) is 5.35. The molecular formula is C22H24N2O5. The zero-order valence-electron chi connectivity index (χ0n) is 16.8. The molecule has 2 aromatic rings. The Morgan fingerprint density at radius 1 is 1.00 bits per heavy atom. The van der Waals surface area contributed by atoms with Crippen molar-refractivity contribution >= 4 is 23.5 Å². The first kappa shape index (κ1) is 19.1. The van der Waals surface area contributed by atoms with Gasteiger partial charge in [-0.2, -0.15) is 0 Å². The standard InChI is InChI=1S/C22H24N2O5/c1-23-6-8-24(9-7-23)17-5-4-14(10-18(17)25)11-19-15-12-20(27-2)21(28-3)13-16(15)22(26)29-19/h4-5,10-13,25H,6-9H2,1-3H3/b19-11-. The second-order valence-corrected chi connectivity index (χ2v) is 7.19. The second-order valence-electron chi connectivity index (χ2n) is 7.19. The van der Waals surface area contributed by atoms with Crippen molar-refractivity contribution in [1.82, 2.24) is 4.90 Å². The maximum atomic E-state index is 12.3. The van der Waals surface area contributed by atoms with Crippen molar-refractivity contribution in [2.75, 3.05) is 52.3 Å². The number of rotatable bonds is 4. The summed E-state index contributed by atoms with van der Waals surface area (Å²) in [6.07, 6.45) is 1.74. The number of hydrogen-bond donors (Lipinski definition) is 1. The maximum absolute atomic E-state index is 12.3. The number of aromatic hydroxyl groups is 1. The van der Waals surface area contributed by atoms with Crippen LogP contribution in [0.25, 0.3) is 11.8 Å². The summed E-state index contributed by atoms with van der Waals surface area (Å²) >= 11 is 0. The van der Waals surface area contributed by atoms with Crippen LogP contribution in [-0.4, -0.2) is 63.4 Å². The molecule has 2 aromatic carbocycles. The average Bonchev–Trinajstić information content (AvgIpc) is 3.02. The summed E-state index contributed by atoms with van der Waals surface area (Å²) in [6, 6.07) is 8.84. The van der Waals surface area contributed by atoms with Gasteiger partial charge >= 0.3 is 5.97 Å². The maximum Gasteiger partial charge on any atom is 0.344 e. The fourth-order valence-corrected chi connectivity index (χ4v) is 3.67. The smallest absolute Gasteiger partial charge is 0.344 e. The topological polar surface area (TPSA) is 71.5 Å². The number of ether oxygens (including phenoxy) is 3. The van der Waals surface area contributed by atoms with Crippen LogP contribution in [-0.2, 0) is 4.74 Å². The van der Waals surface area contributed by atoms with Crippen LogP contribution in [0.5, 0.6) is 17.2 Å². The molecule has 2 aliphatic rings. The Balaban J connectivity index is 1.64. The van der Waals surface area contributed by atoms with Gasteiger partial charge in [0.05, 0.1) is 25.5 Å². The van der Waals surface area contributed by atoms with E-state index >= 15 is 0 Å². The molecule has 1 fully saturated rings. The lowest BCUT2D eigenvalue weighted by Gasteiger charge is -2.34. The molecule has 0 aromatic heterocycles. The van der Waals surface area contributed by atoms with E-state index in [1.54, 1.807) is 31.4 Å². The number of methoxy groups -OCH3 is 2. The van der Waals surface area contributed by atoms with Gasteiger partial charge < -0.3 is 29.1 Å². The van der Waals surface area contributed by atoms with Crippen LogP contribution in [0.3, 0.4) is 0 Å². The number of piperazine rings is 1. The van der Waals surface area contributed by atoms with Gasteiger partial charge in [0.1, 0.15) is 11.5 Å². The molecule has 1 saturated heterocycles. The molecule has 1 N–H and O–H groups in total. The fourth-order valence-electron chi connectivity index (χ4n) is 3.67. The monoisotopic (exact) mass is 396 g/mol. The van der Waals surface area contributed by atoms with Crippen LogP contribution in [0.1, 0.15) is 21.5 Å². The number of carbonyl (C=O) groups excluding carboxylic acids is 1. The van der Waals surface area contributed by atoms with Crippen molar-refractivity contribution in [3.05, 3.63) is 47.0 Å². The van der Waals surface area contributed by atoms with Gasteiger partial charge in [0.15, 0.2) is 11.5 Å². The SMILES string of the molecule is COc1cc2c(cc1OC)/C(=C/c1ccc(N3CCN(C)CC3)c(O)c1)OC2=O. The summed E-state index contributed by atoms with van der Waals surface area (Å²) in [7, 11) is 5.16. The fraction of sp³-hybridized carbons (Fsp3) is 0.318. The third kappa shape index (κ3) is 3.61. The summed E-state index contributed by atoms with van der Waals surface area (Å²) in [5, 5.41) is 10.6. The molecule has 2 aliphatic heterocycles. The van der Waals surface area contributed by atoms with E-state index in [-0.39, 0.29) is 5.75 Å². The van der Waals surface area contributed by atoms with E-state index in [0.29, 0.717) is 28.4 Å². The van der Waals surface area contributed by atoms with Crippen LogP contribution in [0, 0.1) is 0 Å². The van der Waals surface area contributed by atoms with Crippen LogP contribution in [0.15, 0.2) is 30.3 Å². The average molecular weight is 396 g/mol. The number of phenols is 1. The van der Waals surface area contributed by atoms with Crippen LogP contribution in [0.4, 0.5) is 5.69 Å². The Hall–Kier alpha value is -3.19. The van der Waals surface area contributed by atoms with E-state index in [1.807, 2.05) is 12.1 Å². The minimum Gasteiger partial charge on any atom is -0.506 e. The van der Waals surface area contributed by atoms with Crippen LogP contribution in [0.2, 0.25) is 0 Å². The molecule has 7 heteroatoms. The van der Waals surface area contributed by atoms with Gasteiger partial charge in [0.2, 0.25) is 0 Å². The molecule has 0 amide bonds. The molecular weight excluding hydrogens is 372 g/mol. The molecule has 0 atom stereocenters. The van der Waals surface area contributed by atoms with Crippen molar-refractivity contribution in [2.45, 2.75) is 0 Å². The minimum atomic E-state index is -0.439. The van der Waals surface area contributed by atoms with Crippen molar-refractivity contribution in [1.29, 1.82) is 0 Å². The highest BCUT2D eigenvalue weighted by molar-refractivity contribution is 6.06. The van der Waals surface area contributed by atoms with E-state index in [9.17, 15) is 9.90 Å². The number of benzene rings is 2. The summed E-state index contributed by atoms with van der Waals surface area (Å²) in [5.74, 6) is 1.17. The molecule has 0 saturated carbocycles. The molecule has 2 heterocycles. The van der Waals surface area contributed by atoms with Gasteiger partial charge in [0.25, 0.3) is 0 Å². The van der Waals surface area contributed by atoms with Crippen molar-refractivity contribution in [2.24, 2.45) is 0 Å². The second kappa shape index (κ2) is 7.67. The quantitative estimate of drug-likeness (QED) is 0.797. The number of hydrogen-bond acceptors (Lipinski definition) is 7. The Morgan fingerprint density at radius 3 is 2.28 bits per heavy atom. The molecule has 0 unspecified atom stereocenters. The van der Waals surface area contributed by atoms with E-state index in [1.165, 1.54) is 7.11 Å². The molecule has 0 radical (unpaired) electrons. The molecule has 7 nitrogen and oxygen atoms in total. The van der Waals surface area contributed by atoms with E-state index in [0.717, 1.165) is 37.4 Å². The highest BCUT2D eigenvalue weighted by Gasteiger charge is 2.29. The van der Waals surface area contributed by atoms with Crippen molar-refractivity contribution in [3.63, 3.8) is 0 Å². The Bertz CT molecular complexity index is 977. The van der Waals surface area contributed by atoms with Gasteiger partial charge in [-0.1, -0.05) is 6.07 Å². The normalized spacial score (nSPS) is 18.0. The van der Waals surface area contributed by atoms with Gasteiger partial charge in [-0.25, -0.2) is 4.79 Å². The predicted octanol–water partition coefficient (Wildman–Crippen LogP) is 2.83. The van der Waals surface area contributed by atoms with Crippen LogP contribution >= 0.6 is 0 Å². The first-order valence-electron chi connectivity index (χ1n) is 9.47. The van der Waals surface area contributed by atoms with E-state index in [4.69, 9.17) is 14.2 Å². The first-order valence-corrected chi connectivity index (χ1v) is 9.47. The number of likely N-dealkylation sites (N-methyl/N-ethyl adjacent to an activating group) is 1. The van der Waals surface area contributed by atoms with Crippen LogP contribution < -0.4 is 14.4 Å². The van der Waals surface area contributed by atoms with E-state index < -0.39 is 5.97 Å². The summed E-state index contributed by atoms with van der Waals surface area (Å²) < 4.78 is 16.0. The van der Waals surface area contributed by atoms with E-state index in [2.05, 4.69) is 16.8 Å². The summed E-state index contributed by atoms with van der Waals surface area (Å²) in [4.78, 5) is 16.7. The van der Waals surface area contributed by atoms with Crippen molar-refractivity contribution in [3.8, 4) is 17.2 Å². The number of phenolic OH excluding ortho intramolecular Hbond substituents is 1. The highest BCUT2D eigenvalue weighted by Crippen LogP contribution is 2.40. The number of esters is 1. The molecule has 0 bridgehead atoms. The number of anilines is 1. The predicted molar refractivity (Wildman–Crippen MR) is 111 cm³/mol. The molecule has 0 aliphatic carbocycles. The Kier molecular flexibility index (Phi) is 5.07. The largest absolute Gasteiger partial charge is 0.506 e. The lowest BCUT2D eigenvalue weighted by molar-refractivity contribution is 0.0717. The highest BCUT2D eigenvalue weighted by atomic mass is 16.5. The van der Waals surface area contributed by atoms with Gasteiger partial charge in [-0.05, 0) is 43.0 Å². The first-order chi connectivity index (χ1) is 14.0. The molecule has 152 valence electrons. The zero-order valence-corrected chi connectivity index (χ0v) is 16.8. The van der Waals surface area contributed by atoms with Gasteiger partial charge in [-0.3, -0.25) is 0 Å². The lowest BCUT2D eigenvalue weighted by atomic mass is 10.0. The Morgan fingerprint density at radius 2 is 1.66 bits per heavy atom. The molecule has 0 spiro atoms. The molecule has 29 heavy (non-hydrogen) atoms.